The lowest BCUT2D eigenvalue weighted by Gasteiger charge is -2.23. The van der Waals surface area contributed by atoms with Crippen molar-refractivity contribution in [2.24, 2.45) is 0 Å². The van der Waals surface area contributed by atoms with Crippen molar-refractivity contribution in [2.45, 2.75) is 6.18 Å². The molecule has 1 N–H and O–H groups in total. The van der Waals surface area contributed by atoms with Gasteiger partial charge in [-0.25, -0.2) is 4.98 Å². The van der Waals surface area contributed by atoms with Crippen LogP contribution >= 0.6 is 0 Å². The first-order valence-corrected chi connectivity index (χ1v) is 5.74. The second-order valence-electron chi connectivity index (χ2n) is 4.23. The van der Waals surface area contributed by atoms with Crippen LogP contribution in [0.2, 0.25) is 0 Å². The lowest BCUT2D eigenvalue weighted by atomic mass is 10.2. The number of rotatable bonds is 4. The van der Waals surface area contributed by atoms with Gasteiger partial charge < -0.3 is 10.0 Å². The van der Waals surface area contributed by atoms with E-state index in [4.69, 9.17) is 5.11 Å². The first-order chi connectivity index (χ1) is 9.35. The molecule has 0 fully saturated rings. The highest BCUT2D eigenvalue weighted by atomic mass is 19.4. The zero-order valence-electron chi connectivity index (χ0n) is 10.3. The van der Waals surface area contributed by atoms with Crippen molar-refractivity contribution in [3.05, 3.63) is 36.4 Å². The number of aliphatic carboxylic acids is 1. The minimum absolute atomic E-state index is 0.0107. The highest BCUT2D eigenvalue weighted by molar-refractivity contribution is 5.81. The molecule has 7 heteroatoms. The van der Waals surface area contributed by atoms with E-state index < -0.39 is 25.2 Å². The van der Waals surface area contributed by atoms with Crippen LogP contribution in [0.25, 0.3) is 10.9 Å². The number of alkyl halides is 3. The van der Waals surface area contributed by atoms with Gasteiger partial charge in [-0.15, -0.1) is 0 Å². The molecule has 2 aromatic rings. The number of nitrogens with zero attached hydrogens (tertiary/aromatic N) is 2. The van der Waals surface area contributed by atoms with Crippen LogP contribution in [0.3, 0.4) is 0 Å². The molecule has 106 valence electrons. The molecule has 0 spiro atoms. The van der Waals surface area contributed by atoms with Gasteiger partial charge in [0, 0.05) is 5.39 Å². The Balaban J connectivity index is 2.36. The largest absolute Gasteiger partial charge is 0.480 e. The van der Waals surface area contributed by atoms with Crippen LogP contribution in [0.4, 0.5) is 19.0 Å². The molecule has 2 rings (SSSR count). The molecule has 0 aliphatic rings. The van der Waals surface area contributed by atoms with Crippen LogP contribution in [0.1, 0.15) is 0 Å². The predicted molar refractivity (Wildman–Crippen MR) is 67.6 cm³/mol. The van der Waals surface area contributed by atoms with Crippen LogP contribution in [0.15, 0.2) is 36.4 Å². The Hall–Kier alpha value is -2.31. The lowest BCUT2D eigenvalue weighted by Crippen LogP contribution is -2.38. The smallest absolute Gasteiger partial charge is 0.405 e. The average Bonchev–Trinajstić information content (AvgIpc) is 2.35. The molecule has 0 saturated heterocycles. The molecule has 0 atom stereocenters. The third-order valence-corrected chi connectivity index (χ3v) is 2.60. The number of para-hydroxylation sites is 1. The molecule has 0 aliphatic heterocycles. The molecule has 0 saturated carbocycles. The third-order valence-electron chi connectivity index (χ3n) is 2.60. The molecular weight excluding hydrogens is 273 g/mol. The maximum absolute atomic E-state index is 12.5. The van der Waals surface area contributed by atoms with Crippen molar-refractivity contribution in [1.82, 2.24) is 4.98 Å². The Labute approximate surface area is 112 Å². The Morgan fingerprint density at radius 2 is 1.90 bits per heavy atom. The Bertz CT molecular complexity index is 628. The topological polar surface area (TPSA) is 53.4 Å². The number of fused-ring (bicyclic) bond motifs is 1. The average molecular weight is 284 g/mol. The molecule has 0 aliphatic carbocycles. The van der Waals surface area contributed by atoms with E-state index in [9.17, 15) is 18.0 Å². The third kappa shape index (κ3) is 3.59. The van der Waals surface area contributed by atoms with Crippen LogP contribution in [-0.4, -0.2) is 35.3 Å². The van der Waals surface area contributed by atoms with Crippen LogP contribution in [-0.2, 0) is 4.79 Å². The zero-order valence-corrected chi connectivity index (χ0v) is 10.3. The number of carboxylic acid groups (broad SMARTS) is 1. The van der Waals surface area contributed by atoms with Crippen LogP contribution in [0, 0.1) is 0 Å². The van der Waals surface area contributed by atoms with E-state index in [0.29, 0.717) is 10.4 Å². The molecular formula is C13H11F3N2O2. The van der Waals surface area contributed by atoms with E-state index >= 15 is 0 Å². The van der Waals surface area contributed by atoms with Gasteiger partial charge in [0.1, 0.15) is 18.9 Å². The number of carboxylic acids is 1. The van der Waals surface area contributed by atoms with Gasteiger partial charge in [-0.1, -0.05) is 18.2 Å². The number of carbonyl (C=O) groups is 1. The lowest BCUT2D eigenvalue weighted by molar-refractivity contribution is -0.136. The summed E-state index contributed by atoms with van der Waals surface area (Å²) in [6.45, 7) is -2.12. The molecule has 0 amide bonds. The summed E-state index contributed by atoms with van der Waals surface area (Å²) in [7, 11) is 0. The summed E-state index contributed by atoms with van der Waals surface area (Å²) in [4.78, 5) is 15.5. The van der Waals surface area contributed by atoms with E-state index in [1.54, 1.807) is 30.3 Å². The summed E-state index contributed by atoms with van der Waals surface area (Å²) in [6.07, 6.45) is -4.50. The standard InChI is InChI=1S/C13H11F3N2O2/c14-13(15,16)8-18(7-12(19)20)11-6-5-9-3-1-2-4-10(9)17-11/h1-6H,7-8H2,(H,19,20). The SMILES string of the molecule is O=C(O)CN(CC(F)(F)F)c1ccc2ccccc2n1. The van der Waals surface area contributed by atoms with Gasteiger partial charge in [-0.3, -0.25) is 4.79 Å². The van der Waals surface area contributed by atoms with Crippen LogP contribution < -0.4 is 4.90 Å². The summed E-state index contributed by atoms with van der Waals surface area (Å²) in [6, 6.07) is 9.93. The van der Waals surface area contributed by atoms with Gasteiger partial charge in [-0.05, 0) is 18.2 Å². The number of benzene rings is 1. The zero-order chi connectivity index (χ0) is 14.8. The maximum Gasteiger partial charge on any atom is 0.405 e. The molecule has 4 nitrogen and oxygen atoms in total. The molecule has 0 bridgehead atoms. The maximum atomic E-state index is 12.5. The van der Waals surface area contributed by atoms with Crippen LogP contribution in [0.5, 0.6) is 0 Å². The summed E-state index contributed by atoms with van der Waals surface area (Å²) in [5.74, 6) is -1.35. The fourth-order valence-electron chi connectivity index (χ4n) is 1.83. The number of hydrogen-bond donors (Lipinski definition) is 1. The highest BCUT2D eigenvalue weighted by Crippen LogP contribution is 2.22. The number of halogens is 3. The van der Waals surface area contributed by atoms with Crippen molar-refractivity contribution in [2.75, 3.05) is 18.0 Å². The van der Waals surface area contributed by atoms with Gasteiger partial charge in [0.05, 0.1) is 5.52 Å². The number of hydrogen-bond acceptors (Lipinski definition) is 3. The van der Waals surface area contributed by atoms with E-state index in [1.807, 2.05) is 0 Å². The number of aromatic nitrogens is 1. The second kappa shape index (κ2) is 5.36. The first-order valence-electron chi connectivity index (χ1n) is 5.74. The monoisotopic (exact) mass is 284 g/mol. The Morgan fingerprint density at radius 3 is 2.55 bits per heavy atom. The van der Waals surface area contributed by atoms with Crippen molar-refractivity contribution in [3.63, 3.8) is 0 Å². The van der Waals surface area contributed by atoms with Gasteiger partial charge in [-0.2, -0.15) is 13.2 Å². The van der Waals surface area contributed by atoms with E-state index in [1.165, 1.54) is 6.07 Å². The van der Waals surface area contributed by atoms with Crippen molar-refractivity contribution in [3.8, 4) is 0 Å². The summed E-state index contributed by atoms with van der Waals surface area (Å²) < 4.78 is 37.5. The van der Waals surface area contributed by atoms with Gasteiger partial charge >= 0.3 is 12.1 Å². The first kappa shape index (κ1) is 14.1. The molecule has 1 heterocycles. The number of pyridine rings is 1. The predicted octanol–water partition coefficient (Wildman–Crippen LogP) is 2.69. The number of anilines is 1. The highest BCUT2D eigenvalue weighted by Gasteiger charge is 2.32. The summed E-state index contributed by atoms with van der Waals surface area (Å²) in [5, 5.41) is 9.49. The normalized spacial score (nSPS) is 11.6. The summed E-state index contributed by atoms with van der Waals surface area (Å²) >= 11 is 0. The molecule has 0 radical (unpaired) electrons. The summed E-state index contributed by atoms with van der Waals surface area (Å²) in [5.41, 5.74) is 0.516. The van der Waals surface area contributed by atoms with E-state index in [0.717, 1.165) is 5.39 Å². The Morgan fingerprint density at radius 1 is 1.20 bits per heavy atom. The molecule has 1 aromatic heterocycles. The van der Waals surface area contributed by atoms with Gasteiger partial charge in [0.25, 0.3) is 0 Å². The minimum Gasteiger partial charge on any atom is -0.480 e. The van der Waals surface area contributed by atoms with E-state index in [-0.39, 0.29) is 5.82 Å². The van der Waals surface area contributed by atoms with Gasteiger partial charge in [0.15, 0.2) is 0 Å². The quantitative estimate of drug-likeness (QED) is 0.938. The van der Waals surface area contributed by atoms with Gasteiger partial charge in [0.2, 0.25) is 0 Å². The fourth-order valence-corrected chi connectivity index (χ4v) is 1.83. The molecule has 1 aromatic carbocycles. The fraction of sp³-hybridized carbons (Fsp3) is 0.231. The van der Waals surface area contributed by atoms with E-state index in [2.05, 4.69) is 4.98 Å². The molecule has 20 heavy (non-hydrogen) atoms. The van der Waals surface area contributed by atoms with Crippen molar-refractivity contribution >= 4 is 22.7 Å². The Kier molecular flexibility index (Phi) is 3.78. The second-order valence-corrected chi connectivity index (χ2v) is 4.23. The van der Waals surface area contributed by atoms with Crippen molar-refractivity contribution in [1.29, 1.82) is 0 Å². The molecule has 0 unspecified atom stereocenters. The minimum atomic E-state index is -4.50. The van der Waals surface area contributed by atoms with Crippen molar-refractivity contribution < 1.29 is 23.1 Å².